The molecule has 0 spiro atoms. The predicted octanol–water partition coefficient (Wildman–Crippen LogP) is 0.000700. The number of allylic oxidation sites excluding steroid dienone is 1. The minimum Gasteiger partial charge on any atom is -0.469 e. The van der Waals surface area contributed by atoms with Gasteiger partial charge in [0.25, 0.3) is 5.95 Å². The van der Waals surface area contributed by atoms with Crippen LogP contribution in [-0.2, 0) is 9.47 Å². The van der Waals surface area contributed by atoms with Crippen LogP contribution in [0.4, 0.5) is 0 Å². The van der Waals surface area contributed by atoms with Crippen molar-refractivity contribution >= 4 is 10.2 Å². The summed E-state index contributed by atoms with van der Waals surface area (Å²) >= 11 is 0. The predicted molar refractivity (Wildman–Crippen MR) is 66.5 cm³/mol. The second-order valence-corrected chi connectivity index (χ2v) is 5.62. The molecule has 0 radical (unpaired) electrons. The van der Waals surface area contributed by atoms with Crippen molar-refractivity contribution in [3.8, 4) is 0 Å². The third-order valence-corrected chi connectivity index (χ3v) is 4.53. The molecule has 0 fully saturated rings. The lowest BCUT2D eigenvalue weighted by molar-refractivity contribution is -0.161. The van der Waals surface area contributed by atoms with Crippen LogP contribution in [0, 0.1) is 0 Å². The summed E-state index contributed by atoms with van der Waals surface area (Å²) in [7, 11) is 10.5. The zero-order chi connectivity index (χ0) is 12.2. The Kier molecular flexibility index (Phi) is 5.34. The Labute approximate surface area is 96.3 Å². The molecule has 0 saturated carbocycles. The van der Waals surface area contributed by atoms with Crippen LogP contribution in [0.2, 0.25) is 0 Å². The second-order valence-electron chi connectivity index (χ2n) is 4.32. The van der Waals surface area contributed by atoms with Gasteiger partial charge < -0.3 is 9.47 Å². The lowest BCUT2D eigenvalue weighted by Crippen LogP contribution is -2.57. The number of methoxy groups -OCH3 is 1. The molecule has 0 aliphatic rings. The molecular formula is C10H24N2O2Si. The molecule has 4 nitrogen and oxygen atoms in total. The summed E-state index contributed by atoms with van der Waals surface area (Å²) in [5, 5.41) is 0. The lowest BCUT2D eigenvalue weighted by atomic mass is 10.4. The SMILES string of the molecule is COC(OC([SiH3])(N(C)C)N(C)C)=C(C)C. The van der Waals surface area contributed by atoms with Gasteiger partial charge in [-0.2, -0.15) is 0 Å². The van der Waals surface area contributed by atoms with Gasteiger partial charge in [-0.1, -0.05) is 0 Å². The Hall–Kier alpha value is -0.523. The number of nitrogens with zero attached hydrogens (tertiary/aromatic N) is 2. The van der Waals surface area contributed by atoms with Crippen molar-refractivity contribution in [2.75, 3.05) is 35.3 Å². The highest BCUT2D eigenvalue weighted by Gasteiger charge is 2.32. The first-order valence-electron chi connectivity index (χ1n) is 5.01. The maximum absolute atomic E-state index is 5.94. The number of rotatable bonds is 5. The van der Waals surface area contributed by atoms with E-state index in [-0.39, 0.29) is 5.47 Å². The van der Waals surface area contributed by atoms with Gasteiger partial charge in [-0.15, -0.1) is 0 Å². The molecule has 0 bridgehead atoms. The molecule has 0 rings (SSSR count). The average molecular weight is 232 g/mol. The maximum atomic E-state index is 5.94. The van der Waals surface area contributed by atoms with Crippen molar-refractivity contribution in [3.63, 3.8) is 0 Å². The smallest absolute Gasteiger partial charge is 0.279 e. The Morgan fingerprint density at radius 2 is 1.47 bits per heavy atom. The average Bonchev–Trinajstić information content (AvgIpc) is 2.12. The van der Waals surface area contributed by atoms with E-state index < -0.39 is 0 Å². The highest BCUT2D eigenvalue weighted by Crippen LogP contribution is 2.19. The summed E-state index contributed by atoms with van der Waals surface area (Å²) in [6, 6.07) is 0. The van der Waals surface area contributed by atoms with Gasteiger partial charge in [-0.3, -0.25) is 9.80 Å². The Bertz CT molecular complexity index is 228. The standard InChI is InChI=1S/C10H24N2O2Si/c1-8(2)9(13-7)14-10(15,11(3)4)12(5)6/h1-7,15H3. The van der Waals surface area contributed by atoms with E-state index in [2.05, 4.69) is 9.80 Å². The van der Waals surface area contributed by atoms with Crippen molar-refractivity contribution in [1.82, 2.24) is 9.80 Å². The minimum absolute atomic E-state index is 0.372. The summed E-state index contributed by atoms with van der Waals surface area (Å²) in [5.74, 6) is 0.604. The molecule has 0 atom stereocenters. The molecular weight excluding hydrogens is 208 g/mol. The van der Waals surface area contributed by atoms with E-state index in [1.165, 1.54) is 0 Å². The second kappa shape index (κ2) is 5.53. The highest BCUT2D eigenvalue weighted by molar-refractivity contribution is 6.13. The molecule has 0 aromatic heterocycles. The van der Waals surface area contributed by atoms with Crippen molar-refractivity contribution < 1.29 is 9.47 Å². The number of hydrogen-bond donors (Lipinski definition) is 0. The van der Waals surface area contributed by atoms with Gasteiger partial charge in [-0.05, 0) is 42.0 Å². The van der Waals surface area contributed by atoms with Gasteiger partial charge in [0.1, 0.15) is 0 Å². The van der Waals surface area contributed by atoms with Crippen molar-refractivity contribution in [3.05, 3.63) is 11.5 Å². The maximum Gasteiger partial charge on any atom is 0.279 e. The fourth-order valence-corrected chi connectivity index (χ4v) is 1.29. The monoisotopic (exact) mass is 232 g/mol. The lowest BCUT2D eigenvalue weighted by Gasteiger charge is -2.42. The minimum atomic E-state index is -0.372. The third-order valence-electron chi connectivity index (χ3n) is 2.54. The zero-order valence-electron chi connectivity index (χ0n) is 11.2. The van der Waals surface area contributed by atoms with Crippen LogP contribution in [0.15, 0.2) is 11.5 Å². The first-order valence-corrected chi connectivity index (χ1v) is 6.01. The van der Waals surface area contributed by atoms with Crippen LogP contribution in [0.25, 0.3) is 0 Å². The number of hydrogen-bond acceptors (Lipinski definition) is 4. The van der Waals surface area contributed by atoms with Crippen LogP contribution in [0.5, 0.6) is 0 Å². The summed E-state index contributed by atoms with van der Waals surface area (Å²) in [6.45, 7) is 3.96. The van der Waals surface area contributed by atoms with E-state index in [9.17, 15) is 0 Å². The van der Waals surface area contributed by atoms with E-state index in [1.807, 2.05) is 42.0 Å². The fraction of sp³-hybridized carbons (Fsp3) is 0.800. The van der Waals surface area contributed by atoms with Crippen molar-refractivity contribution in [2.24, 2.45) is 0 Å². The summed E-state index contributed by atoms with van der Waals surface area (Å²) in [5.41, 5.74) is 0.671. The van der Waals surface area contributed by atoms with Crippen LogP contribution in [0.3, 0.4) is 0 Å². The van der Waals surface area contributed by atoms with Crippen LogP contribution in [0.1, 0.15) is 13.8 Å². The van der Waals surface area contributed by atoms with Crippen molar-refractivity contribution in [2.45, 2.75) is 19.3 Å². The van der Waals surface area contributed by atoms with Gasteiger partial charge >= 0.3 is 0 Å². The zero-order valence-corrected chi connectivity index (χ0v) is 13.2. The molecule has 5 heteroatoms. The largest absolute Gasteiger partial charge is 0.469 e. The van der Waals surface area contributed by atoms with Crippen LogP contribution >= 0.6 is 0 Å². The van der Waals surface area contributed by atoms with E-state index in [0.717, 1.165) is 15.8 Å². The third kappa shape index (κ3) is 3.51. The van der Waals surface area contributed by atoms with Crippen LogP contribution in [-0.4, -0.2) is 60.8 Å². The quantitative estimate of drug-likeness (QED) is 0.378. The molecule has 0 N–H and O–H groups in total. The molecule has 0 heterocycles. The highest BCUT2D eigenvalue weighted by atomic mass is 28.1. The Balaban J connectivity index is 4.93. The summed E-state index contributed by atoms with van der Waals surface area (Å²) < 4.78 is 11.2. The Morgan fingerprint density at radius 3 is 1.67 bits per heavy atom. The molecule has 0 aromatic rings. The van der Waals surface area contributed by atoms with Gasteiger partial charge in [0.15, 0.2) is 5.47 Å². The molecule has 0 aliphatic carbocycles. The van der Waals surface area contributed by atoms with Gasteiger partial charge in [0.05, 0.1) is 17.4 Å². The number of ether oxygens (including phenoxy) is 2. The van der Waals surface area contributed by atoms with E-state index in [0.29, 0.717) is 5.95 Å². The van der Waals surface area contributed by atoms with E-state index in [1.54, 1.807) is 7.11 Å². The fourth-order valence-electron chi connectivity index (χ4n) is 1.11. The normalized spacial score (nSPS) is 12.1. The van der Waals surface area contributed by atoms with Gasteiger partial charge in [0, 0.05) is 5.57 Å². The summed E-state index contributed by atoms with van der Waals surface area (Å²) in [4.78, 5) is 4.11. The molecule has 0 aliphatic heterocycles. The Morgan fingerprint density at radius 1 is 1.07 bits per heavy atom. The first kappa shape index (κ1) is 14.5. The molecule has 0 amide bonds. The molecule has 0 unspecified atom stereocenters. The molecule has 0 aromatic carbocycles. The first-order chi connectivity index (χ1) is 6.75. The van der Waals surface area contributed by atoms with Gasteiger partial charge in [-0.25, -0.2) is 0 Å². The van der Waals surface area contributed by atoms with Crippen LogP contribution < -0.4 is 0 Å². The summed E-state index contributed by atoms with van der Waals surface area (Å²) in [6.07, 6.45) is 0. The van der Waals surface area contributed by atoms with Gasteiger partial charge in [0.2, 0.25) is 0 Å². The van der Waals surface area contributed by atoms with E-state index >= 15 is 0 Å². The van der Waals surface area contributed by atoms with E-state index in [4.69, 9.17) is 9.47 Å². The molecule has 15 heavy (non-hydrogen) atoms. The molecule has 90 valence electrons. The molecule has 0 saturated heterocycles. The van der Waals surface area contributed by atoms with Crippen molar-refractivity contribution in [1.29, 1.82) is 0 Å². The topological polar surface area (TPSA) is 24.9 Å².